The number of rotatable bonds is 0. The van der Waals surface area contributed by atoms with Gasteiger partial charge >= 0.3 is 0 Å². The molecule has 5 unspecified atom stereocenters. The number of hydrogen-bond acceptors (Lipinski definition) is 1. The quantitative estimate of drug-likeness (QED) is 0.572. The molecule has 0 aromatic carbocycles. The fourth-order valence-corrected chi connectivity index (χ4v) is 4.55. The number of likely N-dealkylation sites (tertiary alicyclic amines) is 1. The van der Waals surface area contributed by atoms with Crippen molar-refractivity contribution in [1.29, 1.82) is 0 Å². The molecule has 1 nitrogen and oxygen atoms in total. The summed E-state index contributed by atoms with van der Waals surface area (Å²) in [5.41, 5.74) is 0. The van der Waals surface area contributed by atoms with Gasteiger partial charge < -0.3 is 4.90 Å². The van der Waals surface area contributed by atoms with Crippen molar-refractivity contribution in [1.82, 2.24) is 4.90 Å². The van der Waals surface area contributed by atoms with Crippen molar-refractivity contribution in [2.45, 2.75) is 57.5 Å². The molecule has 0 aromatic rings. The molecule has 3 rings (SSSR count). The van der Waals surface area contributed by atoms with E-state index in [0.29, 0.717) is 0 Å². The van der Waals surface area contributed by atoms with Gasteiger partial charge in [0.1, 0.15) is 0 Å². The second kappa shape index (κ2) is 3.23. The lowest BCUT2D eigenvalue weighted by molar-refractivity contribution is 0.219. The summed E-state index contributed by atoms with van der Waals surface area (Å²) in [5, 5.41) is 0. The molecule has 1 heteroatoms. The van der Waals surface area contributed by atoms with Gasteiger partial charge in [0.25, 0.3) is 0 Å². The summed E-state index contributed by atoms with van der Waals surface area (Å²) in [6.45, 7) is 2.41. The van der Waals surface area contributed by atoms with Crippen LogP contribution >= 0.6 is 0 Å². The third-order valence-corrected chi connectivity index (χ3v) is 5.39. The average Bonchev–Trinajstić information content (AvgIpc) is 2.67. The molecule has 80 valence electrons. The Morgan fingerprint density at radius 1 is 1.00 bits per heavy atom. The summed E-state index contributed by atoms with van der Waals surface area (Å²) in [4.78, 5) is 2.67. The smallest absolute Gasteiger partial charge is 0.0129 e. The van der Waals surface area contributed by atoms with E-state index in [1.165, 1.54) is 25.7 Å². The zero-order valence-corrected chi connectivity index (χ0v) is 9.58. The Balaban J connectivity index is 1.80. The predicted molar refractivity (Wildman–Crippen MR) is 59.2 cm³/mol. The third-order valence-electron chi connectivity index (χ3n) is 5.39. The molecule has 1 heterocycles. The van der Waals surface area contributed by atoms with Crippen LogP contribution in [0.1, 0.15) is 45.4 Å². The zero-order valence-electron chi connectivity index (χ0n) is 9.58. The van der Waals surface area contributed by atoms with E-state index in [0.717, 1.165) is 29.8 Å². The predicted octanol–water partition coefficient (Wildman–Crippen LogP) is 2.91. The van der Waals surface area contributed by atoms with Gasteiger partial charge in [-0.3, -0.25) is 0 Å². The van der Waals surface area contributed by atoms with Crippen LogP contribution in [0.15, 0.2) is 0 Å². The molecule has 3 fully saturated rings. The second-order valence-corrected chi connectivity index (χ2v) is 5.93. The lowest BCUT2D eigenvalue weighted by atomic mass is 9.77. The van der Waals surface area contributed by atoms with Crippen LogP contribution in [0.5, 0.6) is 0 Å². The van der Waals surface area contributed by atoms with Crippen molar-refractivity contribution in [3.05, 3.63) is 0 Å². The molecular weight excluding hydrogens is 170 g/mol. The molecule has 0 amide bonds. The van der Waals surface area contributed by atoms with E-state index in [2.05, 4.69) is 18.9 Å². The normalized spacial score (nSPS) is 53.1. The van der Waals surface area contributed by atoms with Crippen molar-refractivity contribution in [2.75, 3.05) is 7.05 Å². The fraction of sp³-hybridized carbons (Fsp3) is 1.00. The lowest BCUT2D eigenvalue weighted by Gasteiger charge is -2.28. The lowest BCUT2D eigenvalue weighted by Crippen LogP contribution is -2.30. The van der Waals surface area contributed by atoms with Crippen LogP contribution in [0.3, 0.4) is 0 Å². The van der Waals surface area contributed by atoms with Gasteiger partial charge in [0.05, 0.1) is 0 Å². The second-order valence-electron chi connectivity index (χ2n) is 5.93. The van der Waals surface area contributed by atoms with E-state index in [1.54, 1.807) is 12.8 Å². The van der Waals surface area contributed by atoms with Crippen molar-refractivity contribution >= 4 is 0 Å². The molecule has 1 saturated heterocycles. The van der Waals surface area contributed by atoms with E-state index in [1.807, 2.05) is 0 Å². The van der Waals surface area contributed by atoms with Crippen LogP contribution in [0.4, 0.5) is 0 Å². The maximum absolute atomic E-state index is 2.67. The fourth-order valence-electron chi connectivity index (χ4n) is 4.55. The molecule has 3 aliphatic rings. The molecular formula is C13H23N. The summed E-state index contributed by atoms with van der Waals surface area (Å²) in [5.74, 6) is 3.29. The van der Waals surface area contributed by atoms with Gasteiger partial charge in [0.15, 0.2) is 0 Å². The van der Waals surface area contributed by atoms with E-state index >= 15 is 0 Å². The highest BCUT2D eigenvalue weighted by molar-refractivity contribution is 5.02. The van der Waals surface area contributed by atoms with Gasteiger partial charge in [-0.2, -0.15) is 0 Å². The van der Waals surface area contributed by atoms with Crippen molar-refractivity contribution < 1.29 is 0 Å². The maximum atomic E-state index is 2.67. The van der Waals surface area contributed by atoms with Crippen molar-refractivity contribution in [2.24, 2.45) is 17.8 Å². The monoisotopic (exact) mass is 193 g/mol. The zero-order chi connectivity index (χ0) is 9.71. The molecule has 1 aliphatic heterocycles. The van der Waals surface area contributed by atoms with Crippen LogP contribution < -0.4 is 0 Å². The average molecular weight is 193 g/mol. The summed E-state index contributed by atoms with van der Waals surface area (Å²) in [7, 11) is 2.35. The first-order valence-electron chi connectivity index (χ1n) is 6.49. The molecule has 2 saturated carbocycles. The Hall–Kier alpha value is -0.0400. The van der Waals surface area contributed by atoms with Crippen LogP contribution in [0.25, 0.3) is 0 Å². The highest BCUT2D eigenvalue weighted by atomic mass is 15.2. The molecule has 0 aromatic heterocycles. The number of hydrogen-bond donors (Lipinski definition) is 0. The van der Waals surface area contributed by atoms with Crippen molar-refractivity contribution in [3.8, 4) is 0 Å². The van der Waals surface area contributed by atoms with Gasteiger partial charge in [-0.15, -0.1) is 0 Å². The first-order chi connectivity index (χ1) is 6.77. The summed E-state index contributed by atoms with van der Waals surface area (Å²) in [6, 6.07) is 1.81. The van der Waals surface area contributed by atoms with Crippen LogP contribution in [-0.2, 0) is 0 Å². The largest absolute Gasteiger partial charge is 0.300 e. The Kier molecular flexibility index (Phi) is 2.12. The van der Waals surface area contributed by atoms with Gasteiger partial charge in [-0.05, 0) is 51.0 Å². The highest BCUT2D eigenvalue weighted by Crippen LogP contribution is 2.52. The van der Waals surface area contributed by atoms with Crippen LogP contribution in [-0.4, -0.2) is 24.0 Å². The first-order valence-corrected chi connectivity index (χ1v) is 6.49. The Labute approximate surface area is 87.9 Å². The van der Waals surface area contributed by atoms with Crippen molar-refractivity contribution in [3.63, 3.8) is 0 Å². The minimum Gasteiger partial charge on any atom is -0.300 e. The standard InChI is InChI=1S/C13H23N/c1-9-7-12-11-6-4-3-5-10(11)8-13(12)14(9)2/h9-13H,3-8H2,1-2H3. The van der Waals surface area contributed by atoms with Gasteiger partial charge in [0.2, 0.25) is 0 Å². The SMILES string of the molecule is CC1CC2C3CCCCC3CC2N1C. The summed E-state index contributed by atoms with van der Waals surface area (Å²) < 4.78 is 0. The Bertz CT molecular complexity index is 223. The molecule has 2 aliphatic carbocycles. The molecule has 0 bridgehead atoms. The Morgan fingerprint density at radius 2 is 1.79 bits per heavy atom. The molecule has 0 radical (unpaired) electrons. The highest BCUT2D eigenvalue weighted by Gasteiger charge is 2.49. The number of nitrogens with zero attached hydrogens (tertiary/aromatic N) is 1. The minimum atomic E-state index is 0.855. The van der Waals surface area contributed by atoms with Gasteiger partial charge in [-0.25, -0.2) is 0 Å². The maximum Gasteiger partial charge on any atom is 0.0129 e. The third kappa shape index (κ3) is 1.18. The van der Waals surface area contributed by atoms with Gasteiger partial charge in [0, 0.05) is 12.1 Å². The van der Waals surface area contributed by atoms with E-state index in [-0.39, 0.29) is 0 Å². The minimum absolute atomic E-state index is 0.855. The van der Waals surface area contributed by atoms with Crippen LogP contribution in [0, 0.1) is 17.8 Å². The van der Waals surface area contributed by atoms with Crippen LogP contribution in [0.2, 0.25) is 0 Å². The Morgan fingerprint density at radius 3 is 2.64 bits per heavy atom. The summed E-state index contributed by atoms with van der Waals surface area (Å²) >= 11 is 0. The van der Waals surface area contributed by atoms with E-state index in [9.17, 15) is 0 Å². The first kappa shape index (κ1) is 9.21. The van der Waals surface area contributed by atoms with E-state index < -0.39 is 0 Å². The topological polar surface area (TPSA) is 3.24 Å². The number of fused-ring (bicyclic) bond motifs is 3. The molecule has 5 atom stereocenters. The summed E-state index contributed by atoms with van der Waals surface area (Å²) in [6.07, 6.45) is 9.13. The molecule has 0 N–H and O–H groups in total. The van der Waals surface area contributed by atoms with Gasteiger partial charge in [-0.1, -0.05) is 19.3 Å². The molecule has 0 spiro atoms. The molecule has 14 heavy (non-hydrogen) atoms. The van der Waals surface area contributed by atoms with E-state index in [4.69, 9.17) is 0 Å².